The van der Waals surface area contributed by atoms with Gasteiger partial charge in [-0.1, -0.05) is 6.92 Å². The summed E-state index contributed by atoms with van der Waals surface area (Å²) in [5, 5.41) is 14.5. The second kappa shape index (κ2) is 6.18. The molecule has 2 N–H and O–H groups in total. The van der Waals surface area contributed by atoms with Crippen LogP contribution in [0.2, 0.25) is 0 Å². The van der Waals surface area contributed by atoms with E-state index in [1.165, 1.54) is 5.56 Å². The van der Waals surface area contributed by atoms with Gasteiger partial charge < -0.3 is 10.4 Å². The molecule has 6 nitrogen and oxygen atoms in total. The van der Waals surface area contributed by atoms with E-state index >= 15 is 0 Å². The topological polar surface area (TPSA) is 78.4 Å². The van der Waals surface area contributed by atoms with Crippen LogP contribution in [0.15, 0.2) is 11.7 Å². The first-order valence-corrected chi connectivity index (χ1v) is 8.37. The average Bonchev–Trinajstić information content (AvgIpc) is 2.82. The molecule has 0 atom stereocenters. The van der Waals surface area contributed by atoms with Crippen molar-refractivity contribution in [1.29, 1.82) is 0 Å². The SMILES string of the molecule is CCN(CC(=O)O)C1CC(Nc2ncnc3c(C)csc23)C1. The van der Waals surface area contributed by atoms with Crippen LogP contribution in [0.5, 0.6) is 0 Å². The summed E-state index contributed by atoms with van der Waals surface area (Å²) in [6.45, 7) is 4.95. The third-order valence-corrected chi connectivity index (χ3v) is 5.34. The molecular formula is C15H20N4O2S. The number of nitrogens with zero attached hydrogens (tertiary/aromatic N) is 3. The molecule has 0 radical (unpaired) electrons. The third-order valence-electron chi connectivity index (χ3n) is 4.25. The van der Waals surface area contributed by atoms with Gasteiger partial charge in [0, 0.05) is 12.1 Å². The predicted molar refractivity (Wildman–Crippen MR) is 87.5 cm³/mol. The van der Waals surface area contributed by atoms with Gasteiger partial charge in [-0.05, 0) is 37.3 Å². The van der Waals surface area contributed by atoms with Gasteiger partial charge in [-0.15, -0.1) is 11.3 Å². The van der Waals surface area contributed by atoms with Crippen LogP contribution in [0.4, 0.5) is 5.82 Å². The van der Waals surface area contributed by atoms with E-state index in [0.717, 1.165) is 35.4 Å². The van der Waals surface area contributed by atoms with E-state index in [1.54, 1.807) is 17.7 Å². The summed E-state index contributed by atoms with van der Waals surface area (Å²) in [4.78, 5) is 21.6. The van der Waals surface area contributed by atoms with Crippen molar-refractivity contribution < 1.29 is 9.90 Å². The maximum atomic E-state index is 10.9. The number of carboxylic acid groups (broad SMARTS) is 1. The Morgan fingerprint density at radius 1 is 1.50 bits per heavy atom. The molecular weight excluding hydrogens is 300 g/mol. The number of aryl methyl sites for hydroxylation is 1. The number of anilines is 1. The molecule has 7 heteroatoms. The fourth-order valence-corrected chi connectivity index (χ4v) is 3.90. The molecule has 1 saturated carbocycles. The number of nitrogens with one attached hydrogen (secondary N) is 1. The highest BCUT2D eigenvalue weighted by atomic mass is 32.1. The smallest absolute Gasteiger partial charge is 0.317 e. The summed E-state index contributed by atoms with van der Waals surface area (Å²) < 4.78 is 1.10. The standard InChI is InChI=1S/C15H20N4O2S/c1-3-19(6-12(20)21)11-4-10(5-11)18-15-14-13(16-8-17-15)9(2)7-22-14/h7-8,10-11H,3-6H2,1-2H3,(H,20,21)(H,16,17,18). The first-order chi connectivity index (χ1) is 10.6. The van der Waals surface area contributed by atoms with Crippen molar-refractivity contribution in [3.63, 3.8) is 0 Å². The number of carboxylic acids is 1. The first kappa shape index (κ1) is 15.2. The van der Waals surface area contributed by atoms with Gasteiger partial charge in [0.1, 0.15) is 12.1 Å². The lowest BCUT2D eigenvalue weighted by Crippen LogP contribution is -2.51. The summed E-state index contributed by atoms with van der Waals surface area (Å²) in [6, 6.07) is 0.703. The van der Waals surface area contributed by atoms with Crippen LogP contribution in [-0.4, -0.2) is 51.1 Å². The molecule has 2 aromatic rings. The number of likely N-dealkylation sites (N-methyl/N-ethyl adjacent to an activating group) is 1. The van der Waals surface area contributed by atoms with Gasteiger partial charge >= 0.3 is 5.97 Å². The number of thiophene rings is 1. The molecule has 0 amide bonds. The average molecular weight is 320 g/mol. The van der Waals surface area contributed by atoms with E-state index in [-0.39, 0.29) is 6.54 Å². The number of hydrogen-bond donors (Lipinski definition) is 2. The van der Waals surface area contributed by atoms with E-state index < -0.39 is 5.97 Å². The number of aliphatic carboxylic acids is 1. The zero-order valence-corrected chi connectivity index (χ0v) is 13.6. The largest absolute Gasteiger partial charge is 0.480 e. The van der Waals surface area contributed by atoms with Crippen LogP contribution in [0.25, 0.3) is 10.2 Å². The summed E-state index contributed by atoms with van der Waals surface area (Å²) >= 11 is 1.66. The molecule has 1 aliphatic rings. The molecule has 0 bridgehead atoms. The van der Waals surface area contributed by atoms with Crippen LogP contribution in [0.1, 0.15) is 25.3 Å². The first-order valence-electron chi connectivity index (χ1n) is 7.49. The molecule has 3 rings (SSSR count). The Labute approximate surface area is 133 Å². The van der Waals surface area contributed by atoms with Crippen LogP contribution >= 0.6 is 11.3 Å². The molecule has 1 aliphatic carbocycles. The maximum absolute atomic E-state index is 10.9. The number of fused-ring (bicyclic) bond motifs is 1. The minimum atomic E-state index is -0.759. The van der Waals surface area contributed by atoms with Crippen molar-refractivity contribution in [3.8, 4) is 0 Å². The van der Waals surface area contributed by atoms with Crippen molar-refractivity contribution in [2.75, 3.05) is 18.4 Å². The molecule has 118 valence electrons. The second-order valence-electron chi connectivity index (χ2n) is 5.74. The van der Waals surface area contributed by atoms with Crippen LogP contribution < -0.4 is 5.32 Å². The van der Waals surface area contributed by atoms with E-state index in [0.29, 0.717) is 12.1 Å². The Kier molecular flexibility index (Phi) is 4.26. The zero-order valence-electron chi connectivity index (χ0n) is 12.7. The van der Waals surface area contributed by atoms with Gasteiger partial charge in [0.15, 0.2) is 0 Å². The lowest BCUT2D eigenvalue weighted by Gasteiger charge is -2.42. The highest BCUT2D eigenvalue weighted by molar-refractivity contribution is 7.18. The van der Waals surface area contributed by atoms with E-state index in [1.807, 2.05) is 11.8 Å². The Bertz CT molecular complexity index is 681. The van der Waals surface area contributed by atoms with Crippen molar-refractivity contribution in [2.45, 2.75) is 38.8 Å². The third kappa shape index (κ3) is 2.91. The maximum Gasteiger partial charge on any atom is 0.317 e. The minimum absolute atomic E-state index is 0.121. The Hall–Kier alpha value is -1.73. The van der Waals surface area contributed by atoms with Crippen molar-refractivity contribution in [3.05, 3.63) is 17.3 Å². The summed E-state index contributed by atoms with van der Waals surface area (Å²) in [5.41, 5.74) is 2.19. The fourth-order valence-electron chi connectivity index (χ4n) is 2.94. The van der Waals surface area contributed by atoms with E-state index in [9.17, 15) is 4.79 Å². The molecule has 0 aromatic carbocycles. The van der Waals surface area contributed by atoms with Gasteiger partial charge in [0.2, 0.25) is 0 Å². The summed E-state index contributed by atoms with van der Waals surface area (Å²) in [7, 11) is 0. The van der Waals surface area contributed by atoms with Crippen LogP contribution in [0, 0.1) is 6.92 Å². The van der Waals surface area contributed by atoms with Gasteiger partial charge in [-0.3, -0.25) is 9.69 Å². The van der Waals surface area contributed by atoms with Crippen LogP contribution in [0.3, 0.4) is 0 Å². The summed E-state index contributed by atoms with van der Waals surface area (Å²) in [6.07, 6.45) is 3.51. The number of aromatic nitrogens is 2. The fraction of sp³-hybridized carbons (Fsp3) is 0.533. The molecule has 0 unspecified atom stereocenters. The van der Waals surface area contributed by atoms with Crippen molar-refractivity contribution >= 4 is 33.3 Å². The van der Waals surface area contributed by atoms with E-state index in [4.69, 9.17) is 5.11 Å². The number of hydrogen-bond acceptors (Lipinski definition) is 6. The molecule has 1 fully saturated rings. The van der Waals surface area contributed by atoms with Crippen molar-refractivity contribution in [2.24, 2.45) is 0 Å². The lowest BCUT2D eigenvalue weighted by molar-refractivity contribution is -0.139. The molecule has 2 aromatic heterocycles. The Morgan fingerprint density at radius 3 is 2.95 bits per heavy atom. The second-order valence-corrected chi connectivity index (χ2v) is 6.62. The van der Waals surface area contributed by atoms with E-state index in [2.05, 4.69) is 27.6 Å². The Morgan fingerprint density at radius 2 is 2.27 bits per heavy atom. The molecule has 22 heavy (non-hydrogen) atoms. The van der Waals surface area contributed by atoms with Gasteiger partial charge in [-0.25, -0.2) is 9.97 Å². The number of carbonyl (C=O) groups is 1. The zero-order chi connectivity index (χ0) is 15.7. The number of rotatable bonds is 6. The highest BCUT2D eigenvalue weighted by Gasteiger charge is 2.34. The van der Waals surface area contributed by atoms with Crippen LogP contribution in [-0.2, 0) is 4.79 Å². The lowest BCUT2D eigenvalue weighted by atomic mass is 9.85. The summed E-state index contributed by atoms with van der Waals surface area (Å²) in [5.74, 6) is 0.137. The molecule has 0 aliphatic heterocycles. The molecule has 0 saturated heterocycles. The quantitative estimate of drug-likeness (QED) is 0.850. The highest BCUT2D eigenvalue weighted by Crippen LogP contribution is 2.33. The van der Waals surface area contributed by atoms with Gasteiger partial charge in [0.05, 0.1) is 16.8 Å². The van der Waals surface area contributed by atoms with Crippen molar-refractivity contribution in [1.82, 2.24) is 14.9 Å². The predicted octanol–water partition coefficient (Wildman–Crippen LogP) is 2.35. The van der Waals surface area contributed by atoms with Gasteiger partial charge in [-0.2, -0.15) is 0 Å². The molecule has 0 spiro atoms. The molecule has 2 heterocycles. The Balaban J connectivity index is 1.63. The minimum Gasteiger partial charge on any atom is -0.480 e. The monoisotopic (exact) mass is 320 g/mol. The van der Waals surface area contributed by atoms with Gasteiger partial charge in [0.25, 0.3) is 0 Å². The normalized spacial score (nSPS) is 21.0.